The molecule has 0 atom stereocenters. The number of rotatable bonds is 4. The van der Waals surface area contributed by atoms with Crippen molar-refractivity contribution in [1.29, 1.82) is 0 Å². The Hall–Kier alpha value is -3.07. The average molecular weight is 274 g/mol. The van der Waals surface area contributed by atoms with E-state index in [0.717, 1.165) is 0 Å². The molecule has 1 aromatic heterocycles. The Morgan fingerprint density at radius 1 is 1.20 bits per heavy atom. The second-order valence-electron chi connectivity index (χ2n) is 3.69. The fraction of sp³-hybridized carbons (Fsp3) is 0. The molecule has 0 spiro atoms. The summed E-state index contributed by atoms with van der Waals surface area (Å²) in [6.07, 6.45) is 2.57. The summed E-state index contributed by atoms with van der Waals surface area (Å²) in [7, 11) is 0. The zero-order chi connectivity index (χ0) is 14.5. The molecule has 2 rings (SSSR count). The topological polar surface area (TPSA) is 136 Å². The predicted octanol–water partition coefficient (Wildman–Crippen LogP) is 0.923. The van der Waals surface area contributed by atoms with Gasteiger partial charge in [0.1, 0.15) is 5.69 Å². The summed E-state index contributed by atoms with van der Waals surface area (Å²) in [5.74, 6) is 4.98. The standard InChI is InChI=1S/C11H10N6O3/c12-16-10-6-13-9(5-14-10)11(18)15-7-1-3-8(4-2-7)17(19)20/h1-6H,12H2,(H,14,16)(H,15,18). The second-order valence-corrected chi connectivity index (χ2v) is 3.69. The maximum Gasteiger partial charge on any atom is 0.275 e. The Bertz CT molecular complexity index is 626. The summed E-state index contributed by atoms with van der Waals surface area (Å²) in [5, 5.41) is 13.0. The molecule has 9 nitrogen and oxygen atoms in total. The number of amides is 1. The van der Waals surface area contributed by atoms with Gasteiger partial charge in [0.25, 0.3) is 11.6 Å². The molecule has 0 aliphatic heterocycles. The van der Waals surface area contributed by atoms with Gasteiger partial charge in [0.2, 0.25) is 0 Å². The number of benzene rings is 1. The summed E-state index contributed by atoms with van der Waals surface area (Å²) in [5.41, 5.74) is 2.76. The highest BCUT2D eigenvalue weighted by molar-refractivity contribution is 6.02. The minimum atomic E-state index is -0.518. The molecule has 0 bridgehead atoms. The second kappa shape index (κ2) is 5.71. The average Bonchev–Trinajstić information content (AvgIpc) is 2.48. The fourth-order valence-corrected chi connectivity index (χ4v) is 1.38. The largest absolute Gasteiger partial charge is 0.321 e. The molecule has 0 radical (unpaired) electrons. The van der Waals surface area contributed by atoms with Crippen molar-refractivity contribution in [2.75, 3.05) is 10.7 Å². The monoisotopic (exact) mass is 274 g/mol. The molecule has 1 amide bonds. The SMILES string of the molecule is NNc1cnc(C(=O)Nc2ccc([N+](=O)[O-])cc2)cn1. The number of non-ortho nitro benzene ring substituents is 1. The van der Waals surface area contributed by atoms with Gasteiger partial charge in [-0.05, 0) is 12.1 Å². The van der Waals surface area contributed by atoms with Gasteiger partial charge in [-0.15, -0.1) is 0 Å². The zero-order valence-corrected chi connectivity index (χ0v) is 10.1. The van der Waals surface area contributed by atoms with Crippen LogP contribution in [-0.2, 0) is 0 Å². The number of nitrogens with two attached hydrogens (primary N) is 1. The third-order valence-electron chi connectivity index (χ3n) is 2.37. The highest BCUT2D eigenvalue weighted by Gasteiger charge is 2.10. The number of carbonyl (C=O) groups excluding carboxylic acids is 1. The third-order valence-corrected chi connectivity index (χ3v) is 2.37. The molecule has 0 aliphatic carbocycles. The maximum absolute atomic E-state index is 11.8. The first-order chi connectivity index (χ1) is 9.60. The van der Waals surface area contributed by atoms with Gasteiger partial charge in [-0.25, -0.2) is 15.8 Å². The van der Waals surface area contributed by atoms with Crippen molar-refractivity contribution in [1.82, 2.24) is 9.97 Å². The molecule has 0 aliphatic rings. The molecule has 0 saturated heterocycles. The van der Waals surface area contributed by atoms with Crippen LogP contribution >= 0.6 is 0 Å². The lowest BCUT2D eigenvalue weighted by Crippen LogP contribution is -2.15. The van der Waals surface area contributed by atoms with Crippen LogP contribution in [0.15, 0.2) is 36.7 Å². The van der Waals surface area contributed by atoms with Gasteiger partial charge in [-0.1, -0.05) is 0 Å². The van der Waals surface area contributed by atoms with E-state index in [4.69, 9.17) is 5.84 Å². The summed E-state index contributed by atoms with van der Waals surface area (Å²) in [6, 6.07) is 5.45. The normalized spacial score (nSPS) is 9.85. The van der Waals surface area contributed by atoms with Crippen LogP contribution in [0.4, 0.5) is 17.2 Å². The highest BCUT2D eigenvalue weighted by atomic mass is 16.6. The lowest BCUT2D eigenvalue weighted by Gasteiger charge is -2.04. The number of carbonyl (C=O) groups is 1. The van der Waals surface area contributed by atoms with E-state index in [1.165, 1.54) is 36.7 Å². The minimum Gasteiger partial charge on any atom is -0.321 e. The number of nitrogens with one attached hydrogen (secondary N) is 2. The molecule has 1 aromatic carbocycles. The molecule has 9 heteroatoms. The third kappa shape index (κ3) is 3.03. The lowest BCUT2D eigenvalue weighted by molar-refractivity contribution is -0.384. The number of nitro benzene ring substituents is 1. The Morgan fingerprint density at radius 3 is 2.40 bits per heavy atom. The van der Waals surface area contributed by atoms with Crippen molar-refractivity contribution >= 4 is 23.1 Å². The molecule has 2 aromatic rings. The Labute approximate surface area is 113 Å². The van der Waals surface area contributed by atoms with Crippen LogP contribution in [0.2, 0.25) is 0 Å². The van der Waals surface area contributed by atoms with Crippen molar-refractivity contribution in [3.05, 3.63) is 52.5 Å². The number of nitrogen functional groups attached to an aromatic ring is 1. The van der Waals surface area contributed by atoms with Crippen LogP contribution in [-0.4, -0.2) is 20.8 Å². The van der Waals surface area contributed by atoms with E-state index in [0.29, 0.717) is 11.5 Å². The van der Waals surface area contributed by atoms with Crippen molar-refractivity contribution < 1.29 is 9.72 Å². The molecule has 1 heterocycles. The summed E-state index contributed by atoms with van der Waals surface area (Å²) in [6.45, 7) is 0. The van der Waals surface area contributed by atoms with E-state index < -0.39 is 10.8 Å². The van der Waals surface area contributed by atoms with Crippen molar-refractivity contribution in [2.45, 2.75) is 0 Å². The number of anilines is 2. The Balaban J connectivity index is 2.08. The van der Waals surface area contributed by atoms with Gasteiger partial charge >= 0.3 is 0 Å². The van der Waals surface area contributed by atoms with Gasteiger partial charge in [-0.3, -0.25) is 14.9 Å². The first-order valence-electron chi connectivity index (χ1n) is 5.44. The molecule has 0 fully saturated rings. The predicted molar refractivity (Wildman–Crippen MR) is 70.9 cm³/mol. The van der Waals surface area contributed by atoms with Crippen molar-refractivity contribution in [3.8, 4) is 0 Å². The maximum atomic E-state index is 11.8. The van der Waals surface area contributed by atoms with Gasteiger partial charge < -0.3 is 10.7 Å². The first-order valence-corrected chi connectivity index (χ1v) is 5.44. The Morgan fingerprint density at radius 2 is 1.90 bits per heavy atom. The Kier molecular flexibility index (Phi) is 3.82. The number of hydrogen-bond donors (Lipinski definition) is 3. The molecule has 20 heavy (non-hydrogen) atoms. The number of nitro groups is 1. The van der Waals surface area contributed by atoms with Gasteiger partial charge in [0.15, 0.2) is 5.82 Å². The summed E-state index contributed by atoms with van der Waals surface area (Å²) < 4.78 is 0. The number of nitrogens with zero attached hydrogens (tertiary/aromatic N) is 3. The minimum absolute atomic E-state index is 0.0545. The fourth-order valence-electron chi connectivity index (χ4n) is 1.38. The van der Waals surface area contributed by atoms with Gasteiger partial charge in [0, 0.05) is 17.8 Å². The highest BCUT2D eigenvalue weighted by Crippen LogP contribution is 2.15. The van der Waals surface area contributed by atoms with E-state index in [1.807, 2.05) is 0 Å². The first kappa shape index (κ1) is 13.4. The van der Waals surface area contributed by atoms with Crippen LogP contribution in [0.3, 0.4) is 0 Å². The van der Waals surface area contributed by atoms with E-state index in [9.17, 15) is 14.9 Å². The number of hydrogen-bond acceptors (Lipinski definition) is 7. The quantitative estimate of drug-likeness (QED) is 0.428. The summed E-state index contributed by atoms with van der Waals surface area (Å²) >= 11 is 0. The van der Waals surface area contributed by atoms with E-state index in [1.54, 1.807) is 0 Å². The zero-order valence-electron chi connectivity index (χ0n) is 10.1. The van der Waals surface area contributed by atoms with Crippen LogP contribution in [0.1, 0.15) is 10.5 Å². The lowest BCUT2D eigenvalue weighted by atomic mass is 10.3. The van der Waals surface area contributed by atoms with E-state index >= 15 is 0 Å². The molecule has 0 unspecified atom stereocenters. The number of aromatic nitrogens is 2. The van der Waals surface area contributed by atoms with Crippen LogP contribution in [0.5, 0.6) is 0 Å². The van der Waals surface area contributed by atoms with Gasteiger partial charge in [0.05, 0.1) is 17.3 Å². The van der Waals surface area contributed by atoms with Crippen LogP contribution < -0.4 is 16.6 Å². The molecule has 0 saturated carbocycles. The smallest absolute Gasteiger partial charge is 0.275 e. The van der Waals surface area contributed by atoms with Crippen molar-refractivity contribution in [2.24, 2.45) is 5.84 Å². The molecular formula is C11H10N6O3. The van der Waals surface area contributed by atoms with E-state index in [2.05, 4.69) is 20.7 Å². The van der Waals surface area contributed by atoms with Gasteiger partial charge in [-0.2, -0.15) is 0 Å². The summed E-state index contributed by atoms with van der Waals surface area (Å²) in [4.78, 5) is 29.5. The van der Waals surface area contributed by atoms with Crippen LogP contribution in [0, 0.1) is 10.1 Å². The number of hydrazine groups is 1. The molecule has 102 valence electrons. The molecular weight excluding hydrogens is 264 g/mol. The van der Waals surface area contributed by atoms with Crippen molar-refractivity contribution in [3.63, 3.8) is 0 Å². The van der Waals surface area contributed by atoms with Crippen LogP contribution in [0.25, 0.3) is 0 Å². The molecule has 4 N–H and O–H groups in total. The van der Waals surface area contributed by atoms with E-state index in [-0.39, 0.29) is 11.4 Å².